The van der Waals surface area contributed by atoms with Crippen molar-refractivity contribution in [2.75, 3.05) is 10.6 Å². The van der Waals surface area contributed by atoms with Crippen molar-refractivity contribution in [3.8, 4) is 0 Å². The summed E-state index contributed by atoms with van der Waals surface area (Å²) in [5, 5.41) is 6.83. The lowest BCUT2D eigenvalue weighted by atomic mass is 10.1. The molecule has 0 radical (unpaired) electrons. The molecule has 140 valence electrons. The molecule has 3 aromatic rings. The minimum Gasteiger partial charge on any atom is -0.365 e. The summed E-state index contributed by atoms with van der Waals surface area (Å²) in [4.78, 5) is 20.3. The Hall–Kier alpha value is -3.26. The molecule has 8 heteroatoms. The first-order valence-corrected chi connectivity index (χ1v) is 8.50. The predicted molar refractivity (Wildman–Crippen MR) is 104 cm³/mol. The topological polar surface area (TPSA) is 119 Å². The van der Waals surface area contributed by atoms with E-state index in [4.69, 9.17) is 11.5 Å². The van der Waals surface area contributed by atoms with Crippen LogP contribution in [-0.2, 0) is 0 Å². The zero-order valence-electron chi connectivity index (χ0n) is 15.0. The maximum absolute atomic E-state index is 14.4. The van der Waals surface area contributed by atoms with Crippen LogP contribution in [0.4, 0.5) is 21.7 Å². The van der Waals surface area contributed by atoms with Gasteiger partial charge in [-0.1, -0.05) is 6.07 Å². The average Bonchev–Trinajstić information content (AvgIpc) is 2.64. The van der Waals surface area contributed by atoms with Crippen LogP contribution >= 0.6 is 0 Å². The number of carbonyl (C=O) groups is 1. The number of hydrogen-bond donors (Lipinski definition) is 4. The Morgan fingerprint density at radius 2 is 1.96 bits per heavy atom. The summed E-state index contributed by atoms with van der Waals surface area (Å²) in [5.41, 5.74) is 12.6. The predicted octanol–water partition coefficient (Wildman–Crippen LogP) is 2.76. The normalized spacial score (nSPS) is 13.2. The second-order valence-corrected chi connectivity index (χ2v) is 6.37. The molecule has 0 bridgehead atoms. The number of nitrogens with two attached hydrogens (primary N) is 2. The summed E-state index contributed by atoms with van der Waals surface area (Å²) in [7, 11) is 0. The Labute approximate surface area is 156 Å². The van der Waals surface area contributed by atoms with E-state index in [9.17, 15) is 9.18 Å². The van der Waals surface area contributed by atoms with Crippen molar-refractivity contribution < 1.29 is 9.18 Å². The first-order valence-electron chi connectivity index (χ1n) is 8.50. The van der Waals surface area contributed by atoms with Crippen LogP contribution in [0.5, 0.6) is 0 Å². The van der Waals surface area contributed by atoms with Gasteiger partial charge in [0.25, 0.3) is 5.91 Å². The highest BCUT2D eigenvalue weighted by Crippen LogP contribution is 2.28. The third-order valence-electron chi connectivity index (χ3n) is 4.29. The number of fused-ring (bicyclic) bond motifs is 1. The third kappa shape index (κ3) is 3.95. The van der Waals surface area contributed by atoms with Gasteiger partial charge in [0.05, 0.1) is 11.1 Å². The molecule has 0 aliphatic rings. The van der Waals surface area contributed by atoms with Gasteiger partial charge in [0, 0.05) is 29.4 Å². The van der Waals surface area contributed by atoms with Gasteiger partial charge >= 0.3 is 0 Å². The lowest BCUT2D eigenvalue weighted by molar-refractivity contribution is 0.100. The molecule has 7 nitrogen and oxygen atoms in total. The summed E-state index contributed by atoms with van der Waals surface area (Å²) in [6, 6.07) is 9.82. The molecular formula is C19H21FN6O. The van der Waals surface area contributed by atoms with Crippen LogP contribution in [0.25, 0.3) is 10.9 Å². The third-order valence-corrected chi connectivity index (χ3v) is 4.29. The van der Waals surface area contributed by atoms with E-state index in [1.54, 1.807) is 19.2 Å². The van der Waals surface area contributed by atoms with Crippen molar-refractivity contribution in [2.24, 2.45) is 11.5 Å². The molecule has 3 rings (SSSR count). The monoisotopic (exact) mass is 368 g/mol. The second kappa shape index (κ2) is 7.55. The highest BCUT2D eigenvalue weighted by Gasteiger charge is 2.18. The number of hydrogen-bond acceptors (Lipinski definition) is 6. The van der Waals surface area contributed by atoms with Gasteiger partial charge in [0.15, 0.2) is 11.6 Å². The van der Waals surface area contributed by atoms with Crippen LogP contribution in [0.15, 0.2) is 42.6 Å². The molecule has 2 heterocycles. The Morgan fingerprint density at radius 1 is 1.19 bits per heavy atom. The van der Waals surface area contributed by atoms with E-state index in [0.717, 1.165) is 17.0 Å². The summed E-state index contributed by atoms with van der Waals surface area (Å²) >= 11 is 0. The van der Waals surface area contributed by atoms with Crippen LogP contribution in [0.2, 0.25) is 0 Å². The minimum absolute atomic E-state index is 0.00865. The van der Waals surface area contributed by atoms with Gasteiger partial charge in [-0.3, -0.25) is 9.78 Å². The number of halogens is 1. The van der Waals surface area contributed by atoms with Crippen molar-refractivity contribution in [3.63, 3.8) is 0 Å². The number of nitrogens with one attached hydrogen (secondary N) is 2. The van der Waals surface area contributed by atoms with Gasteiger partial charge < -0.3 is 22.1 Å². The fourth-order valence-electron chi connectivity index (χ4n) is 2.56. The molecule has 0 saturated heterocycles. The van der Waals surface area contributed by atoms with Crippen LogP contribution < -0.4 is 22.1 Å². The van der Waals surface area contributed by atoms with E-state index < -0.39 is 11.7 Å². The number of carbonyl (C=O) groups excluding carboxylic acids is 1. The van der Waals surface area contributed by atoms with Crippen molar-refractivity contribution >= 4 is 34.1 Å². The van der Waals surface area contributed by atoms with Crippen molar-refractivity contribution in [3.05, 3.63) is 54.0 Å². The van der Waals surface area contributed by atoms with Crippen LogP contribution in [0.1, 0.15) is 24.2 Å². The van der Waals surface area contributed by atoms with E-state index in [-0.39, 0.29) is 29.3 Å². The van der Waals surface area contributed by atoms with Gasteiger partial charge in [-0.15, -0.1) is 0 Å². The van der Waals surface area contributed by atoms with E-state index in [0.29, 0.717) is 5.69 Å². The number of nitrogens with zero attached hydrogens (tertiary/aromatic N) is 2. The molecule has 0 fully saturated rings. The van der Waals surface area contributed by atoms with Gasteiger partial charge in [0.2, 0.25) is 0 Å². The molecule has 0 saturated carbocycles. The van der Waals surface area contributed by atoms with Gasteiger partial charge in [-0.2, -0.15) is 0 Å². The SMILES string of the molecule is C[C@H](Nc1nc(Nc2cccc3ncccc23)c(C(N)=O)cc1F)[C@@H](C)N. The maximum Gasteiger partial charge on any atom is 0.252 e. The zero-order chi connectivity index (χ0) is 19.6. The molecule has 6 N–H and O–H groups in total. The number of anilines is 3. The van der Waals surface area contributed by atoms with E-state index >= 15 is 0 Å². The molecule has 1 aromatic carbocycles. The summed E-state index contributed by atoms with van der Waals surface area (Å²) in [5.74, 6) is -1.32. The fourth-order valence-corrected chi connectivity index (χ4v) is 2.56. The average molecular weight is 368 g/mol. The highest BCUT2D eigenvalue weighted by atomic mass is 19.1. The molecule has 0 aliphatic carbocycles. The smallest absolute Gasteiger partial charge is 0.252 e. The van der Waals surface area contributed by atoms with Gasteiger partial charge in [-0.05, 0) is 44.2 Å². The number of primary amides is 1. The first kappa shape index (κ1) is 18.5. The van der Waals surface area contributed by atoms with Crippen LogP contribution in [0.3, 0.4) is 0 Å². The fraction of sp³-hybridized carbons (Fsp3) is 0.211. The van der Waals surface area contributed by atoms with Gasteiger partial charge in [-0.25, -0.2) is 9.37 Å². The minimum atomic E-state index is -0.783. The lowest BCUT2D eigenvalue weighted by Gasteiger charge is -2.20. The lowest BCUT2D eigenvalue weighted by Crippen LogP contribution is -2.35. The van der Waals surface area contributed by atoms with Crippen LogP contribution in [-0.4, -0.2) is 28.0 Å². The van der Waals surface area contributed by atoms with Crippen molar-refractivity contribution in [1.29, 1.82) is 0 Å². The molecule has 0 aliphatic heterocycles. The van der Waals surface area contributed by atoms with Gasteiger partial charge in [0.1, 0.15) is 5.82 Å². The van der Waals surface area contributed by atoms with E-state index in [1.165, 1.54) is 0 Å². The summed E-state index contributed by atoms with van der Waals surface area (Å²) < 4.78 is 14.4. The molecule has 0 spiro atoms. The van der Waals surface area contributed by atoms with Crippen molar-refractivity contribution in [2.45, 2.75) is 25.9 Å². The standard InChI is InChI=1S/C19H21FN6O/c1-10(21)11(2)24-19-14(20)9-13(17(22)27)18(26-19)25-16-7-3-6-15-12(16)5-4-8-23-15/h3-11H,21H2,1-2H3,(H2,22,27)(H2,24,25,26)/t10-,11+/m1/s1. The Morgan fingerprint density at radius 3 is 2.67 bits per heavy atom. The summed E-state index contributed by atoms with van der Waals surface area (Å²) in [6.45, 7) is 3.62. The molecular weight excluding hydrogens is 347 g/mol. The Balaban J connectivity index is 2.05. The molecule has 27 heavy (non-hydrogen) atoms. The highest BCUT2D eigenvalue weighted by molar-refractivity contribution is 6.00. The number of benzene rings is 1. The molecule has 2 aromatic heterocycles. The van der Waals surface area contributed by atoms with Crippen molar-refractivity contribution in [1.82, 2.24) is 9.97 Å². The molecule has 0 unspecified atom stereocenters. The van der Waals surface area contributed by atoms with Crippen LogP contribution in [0, 0.1) is 5.82 Å². The van der Waals surface area contributed by atoms with E-state index in [2.05, 4.69) is 20.6 Å². The number of rotatable bonds is 6. The first-order chi connectivity index (χ1) is 12.9. The molecule has 1 amide bonds. The Kier molecular flexibility index (Phi) is 5.18. The second-order valence-electron chi connectivity index (χ2n) is 6.37. The maximum atomic E-state index is 14.4. The number of amides is 1. The number of pyridine rings is 2. The molecule has 2 atom stereocenters. The van der Waals surface area contributed by atoms with E-state index in [1.807, 2.05) is 31.2 Å². The number of aromatic nitrogens is 2. The Bertz CT molecular complexity index is 986. The zero-order valence-corrected chi connectivity index (χ0v) is 15.0. The largest absolute Gasteiger partial charge is 0.365 e. The quantitative estimate of drug-likeness (QED) is 0.531. The summed E-state index contributed by atoms with van der Waals surface area (Å²) in [6.07, 6.45) is 1.69.